The second-order valence-electron chi connectivity index (χ2n) is 7.20. The fourth-order valence-corrected chi connectivity index (χ4v) is 3.68. The summed E-state index contributed by atoms with van der Waals surface area (Å²) >= 11 is 0. The van der Waals surface area contributed by atoms with Gasteiger partial charge in [0.05, 0.1) is 11.0 Å². The van der Waals surface area contributed by atoms with Crippen LogP contribution >= 0.6 is 0 Å². The SMILES string of the molecule is Cc1ccc(-c2nc3cc(F)ccc3n2C)cc1NC(=O)CC1CCCN1. The monoisotopic (exact) mass is 366 g/mol. The van der Waals surface area contributed by atoms with E-state index in [1.54, 1.807) is 6.07 Å². The standard InChI is InChI=1S/C21H23FN4O/c1-13-5-6-14(10-17(13)24-20(27)12-16-4-3-9-23-16)21-25-18-11-15(22)7-8-19(18)26(21)2/h5-8,10-11,16,23H,3-4,9,12H2,1-2H3,(H,24,27). The van der Waals surface area contributed by atoms with Crippen molar-refractivity contribution in [1.29, 1.82) is 0 Å². The summed E-state index contributed by atoms with van der Waals surface area (Å²) in [6, 6.07) is 10.7. The van der Waals surface area contributed by atoms with E-state index in [4.69, 9.17) is 0 Å². The Morgan fingerprint density at radius 1 is 1.33 bits per heavy atom. The Morgan fingerprint density at radius 2 is 2.19 bits per heavy atom. The Bertz CT molecular complexity index is 1000. The number of carbonyl (C=O) groups excluding carboxylic acids is 1. The van der Waals surface area contributed by atoms with Crippen LogP contribution < -0.4 is 10.6 Å². The minimum absolute atomic E-state index is 0.0155. The third kappa shape index (κ3) is 3.57. The molecule has 0 bridgehead atoms. The molecule has 1 fully saturated rings. The van der Waals surface area contributed by atoms with Gasteiger partial charge >= 0.3 is 0 Å². The van der Waals surface area contributed by atoms with Crippen molar-refractivity contribution in [1.82, 2.24) is 14.9 Å². The van der Waals surface area contributed by atoms with Crippen LogP contribution in [0.1, 0.15) is 24.8 Å². The van der Waals surface area contributed by atoms with Crippen LogP contribution in [-0.2, 0) is 11.8 Å². The van der Waals surface area contributed by atoms with Crippen LogP contribution in [-0.4, -0.2) is 28.0 Å². The number of aromatic nitrogens is 2. The lowest BCUT2D eigenvalue weighted by molar-refractivity contribution is -0.116. The van der Waals surface area contributed by atoms with Gasteiger partial charge in [0.15, 0.2) is 0 Å². The van der Waals surface area contributed by atoms with Gasteiger partial charge in [-0.15, -0.1) is 0 Å². The number of aryl methyl sites for hydroxylation is 2. The lowest BCUT2D eigenvalue weighted by Crippen LogP contribution is -2.27. The first-order valence-electron chi connectivity index (χ1n) is 9.27. The van der Waals surface area contributed by atoms with Crippen LogP contribution in [0.4, 0.5) is 10.1 Å². The molecule has 1 amide bonds. The number of nitrogens with zero attached hydrogens (tertiary/aromatic N) is 2. The molecular formula is C21H23FN4O. The quantitative estimate of drug-likeness (QED) is 0.739. The van der Waals surface area contributed by atoms with Gasteiger partial charge in [0.25, 0.3) is 0 Å². The van der Waals surface area contributed by atoms with E-state index in [0.29, 0.717) is 11.9 Å². The number of benzene rings is 2. The first-order chi connectivity index (χ1) is 13.0. The molecule has 140 valence electrons. The van der Waals surface area contributed by atoms with Gasteiger partial charge in [-0.2, -0.15) is 0 Å². The zero-order chi connectivity index (χ0) is 19.0. The number of hydrogen-bond acceptors (Lipinski definition) is 3. The van der Waals surface area contributed by atoms with Gasteiger partial charge in [-0.05, 0) is 50.1 Å². The highest BCUT2D eigenvalue weighted by Gasteiger charge is 2.18. The second-order valence-corrected chi connectivity index (χ2v) is 7.20. The van der Waals surface area contributed by atoms with Gasteiger partial charge in [0.2, 0.25) is 5.91 Å². The molecule has 1 aromatic heterocycles. The molecule has 2 aromatic carbocycles. The lowest BCUT2D eigenvalue weighted by Gasteiger charge is -2.13. The zero-order valence-electron chi connectivity index (χ0n) is 15.6. The van der Waals surface area contributed by atoms with Crippen molar-refractivity contribution >= 4 is 22.6 Å². The maximum atomic E-state index is 13.5. The lowest BCUT2D eigenvalue weighted by atomic mass is 10.1. The average molecular weight is 366 g/mol. The third-order valence-electron chi connectivity index (χ3n) is 5.21. The molecule has 1 unspecified atom stereocenters. The Morgan fingerprint density at radius 3 is 2.96 bits per heavy atom. The van der Waals surface area contributed by atoms with E-state index in [2.05, 4.69) is 15.6 Å². The number of anilines is 1. The average Bonchev–Trinajstić information content (AvgIpc) is 3.25. The molecule has 1 aliphatic heterocycles. The summed E-state index contributed by atoms with van der Waals surface area (Å²) in [6.07, 6.45) is 2.65. The molecule has 3 aromatic rings. The molecule has 1 atom stereocenters. The van der Waals surface area contributed by atoms with E-state index in [-0.39, 0.29) is 17.8 Å². The van der Waals surface area contributed by atoms with Crippen LogP contribution in [0.15, 0.2) is 36.4 Å². The molecule has 4 rings (SSSR count). The largest absolute Gasteiger partial charge is 0.327 e. The Hall–Kier alpha value is -2.73. The molecule has 0 saturated carbocycles. The van der Waals surface area contributed by atoms with Gasteiger partial charge in [0, 0.05) is 36.8 Å². The fourth-order valence-electron chi connectivity index (χ4n) is 3.68. The van der Waals surface area contributed by atoms with Crippen LogP contribution in [0.2, 0.25) is 0 Å². The molecule has 0 spiro atoms. The molecule has 1 aliphatic rings. The molecule has 2 heterocycles. The van der Waals surface area contributed by atoms with Gasteiger partial charge in [-0.1, -0.05) is 12.1 Å². The molecular weight excluding hydrogens is 343 g/mol. The maximum Gasteiger partial charge on any atom is 0.225 e. The molecule has 5 nitrogen and oxygen atoms in total. The van der Waals surface area contributed by atoms with Crippen molar-refractivity contribution in [3.63, 3.8) is 0 Å². The summed E-state index contributed by atoms with van der Waals surface area (Å²) in [6.45, 7) is 2.96. The topological polar surface area (TPSA) is 59.0 Å². The summed E-state index contributed by atoms with van der Waals surface area (Å²) in [5.74, 6) is 0.454. The number of rotatable bonds is 4. The highest BCUT2D eigenvalue weighted by atomic mass is 19.1. The molecule has 27 heavy (non-hydrogen) atoms. The van der Waals surface area contributed by atoms with Crippen molar-refractivity contribution in [2.75, 3.05) is 11.9 Å². The number of halogens is 1. The van der Waals surface area contributed by atoms with Crippen molar-refractivity contribution in [2.45, 2.75) is 32.2 Å². The van der Waals surface area contributed by atoms with Crippen LogP contribution in [0.3, 0.4) is 0 Å². The van der Waals surface area contributed by atoms with Gasteiger partial charge in [-0.3, -0.25) is 4.79 Å². The van der Waals surface area contributed by atoms with E-state index in [1.807, 2.05) is 36.7 Å². The Balaban J connectivity index is 1.62. The van der Waals surface area contributed by atoms with Crippen LogP contribution in [0, 0.1) is 12.7 Å². The van der Waals surface area contributed by atoms with Crippen molar-refractivity contribution in [3.8, 4) is 11.4 Å². The van der Waals surface area contributed by atoms with Crippen molar-refractivity contribution < 1.29 is 9.18 Å². The highest BCUT2D eigenvalue weighted by Crippen LogP contribution is 2.28. The summed E-state index contributed by atoms with van der Waals surface area (Å²) < 4.78 is 15.4. The van der Waals surface area contributed by atoms with E-state index >= 15 is 0 Å². The van der Waals surface area contributed by atoms with Gasteiger partial charge < -0.3 is 15.2 Å². The predicted molar refractivity (Wildman–Crippen MR) is 105 cm³/mol. The van der Waals surface area contributed by atoms with Gasteiger partial charge in [-0.25, -0.2) is 9.37 Å². The Labute approximate surface area is 157 Å². The number of imidazole rings is 1. The number of carbonyl (C=O) groups is 1. The first kappa shape index (κ1) is 17.7. The van der Waals surface area contributed by atoms with E-state index < -0.39 is 0 Å². The summed E-state index contributed by atoms with van der Waals surface area (Å²) in [5.41, 5.74) is 4.15. The van der Waals surface area contributed by atoms with E-state index in [1.165, 1.54) is 12.1 Å². The maximum absolute atomic E-state index is 13.5. The normalized spacial score (nSPS) is 16.8. The summed E-state index contributed by atoms with van der Waals surface area (Å²) in [4.78, 5) is 17.0. The van der Waals surface area contributed by atoms with Crippen molar-refractivity contribution in [2.24, 2.45) is 7.05 Å². The smallest absolute Gasteiger partial charge is 0.225 e. The number of hydrogen-bond donors (Lipinski definition) is 2. The second kappa shape index (κ2) is 7.12. The van der Waals surface area contributed by atoms with E-state index in [9.17, 15) is 9.18 Å². The van der Waals surface area contributed by atoms with Crippen molar-refractivity contribution in [3.05, 3.63) is 47.8 Å². The number of nitrogens with one attached hydrogen (secondary N) is 2. The van der Waals surface area contributed by atoms with E-state index in [0.717, 1.165) is 47.5 Å². The zero-order valence-corrected chi connectivity index (χ0v) is 15.6. The molecule has 0 aliphatic carbocycles. The molecule has 6 heteroatoms. The number of fused-ring (bicyclic) bond motifs is 1. The van der Waals surface area contributed by atoms with Crippen LogP contribution in [0.25, 0.3) is 22.4 Å². The molecule has 2 N–H and O–H groups in total. The fraction of sp³-hybridized carbons (Fsp3) is 0.333. The molecule has 0 radical (unpaired) electrons. The highest BCUT2D eigenvalue weighted by molar-refractivity contribution is 5.93. The minimum atomic E-state index is -0.301. The minimum Gasteiger partial charge on any atom is -0.327 e. The first-order valence-corrected chi connectivity index (χ1v) is 9.27. The van der Waals surface area contributed by atoms with Gasteiger partial charge in [0.1, 0.15) is 11.6 Å². The van der Waals surface area contributed by atoms with Crippen LogP contribution in [0.5, 0.6) is 0 Å². The summed E-state index contributed by atoms with van der Waals surface area (Å²) in [7, 11) is 1.91. The summed E-state index contributed by atoms with van der Waals surface area (Å²) in [5, 5.41) is 6.38. The third-order valence-corrected chi connectivity index (χ3v) is 5.21. The number of amides is 1. The predicted octanol–water partition coefficient (Wildman–Crippen LogP) is 3.77. The Kier molecular flexibility index (Phi) is 4.66. The molecule has 1 saturated heterocycles.